The van der Waals surface area contributed by atoms with Gasteiger partial charge in [0.15, 0.2) is 0 Å². The van der Waals surface area contributed by atoms with Gasteiger partial charge >= 0.3 is 6.18 Å². The highest BCUT2D eigenvalue weighted by Gasteiger charge is 2.40. The summed E-state index contributed by atoms with van der Waals surface area (Å²) in [6.07, 6.45) is -4.98. The van der Waals surface area contributed by atoms with Crippen LogP contribution < -0.4 is 0 Å². The monoisotopic (exact) mass is 829 g/mol. The lowest BCUT2D eigenvalue weighted by atomic mass is 9.95. The van der Waals surface area contributed by atoms with E-state index >= 15 is 13.2 Å². The molecule has 0 aliphatic heterocycles. The first-order valence-corrected chi connectivity index (χ1v) is 19.9. The standard InChI is InChI=1S/C54H26F3N7/c55-54(56,57)52-49(63-47-10-3-1-8-43(47)45-14-12-37(25-50(45)63)40-21-33(28-59)18-34(22-40)29-60)17-16-42(39-7-5-6-32(20-39)27-58)53(52)64-48-11-4-2-9-44(48)46-15-13-38(26-51(46)64)41-23-35(30-61)19-36(24-41)31-62/h1-26H. The van der Waals surface area contributed by atoms with Gasteiger partial charge in [0, 0.05) is 27.1 Å². The third-order valence-electron chi connectivity index (χ3n) is 11.6. The second kappa shape index (κ2) is 14.9. The smallest absolute Gasteiger partial charge is 0.309 e. The van der Waals surface area contributed by atoms with Crippen LogP contribution in [0.2, 0.25) is 0 Å². The van der Waals surface area contributed by atoms with Gasteiger partial charge in [-0.25, -0.2) is 0 Å². The van der Waals surface area contributed by atoms with Crippen molar-refractivity contribution in [3.63, 3.8) is 0 Å². The quantitative estimate of drug-likeness (QED) is 0.171. The number of fused-ring (bicyclic) bond motifs is 6. The molecule has 0 aliphatic rings. The Morgan fingerprint density at radius 2 is 0.812 bits per heavy atom. The van der Waals surface area contributed by atoms with Crippen LogP contribution in [0.3, 0.4) is 0 Å². The maximum absolute atomic E-state index is 16.8. The lowest BCUT2D eigenvalue weighted by Crippen LogP contribution is -2.17. The summed E-state index contributed by atoms with van der Waals surface area (Å²) in [4.78, 5) is 0. The molecule has 0 N–H and O–H groups in total. The molecule has 298 valence electrons. The minimum absolute atomic E-state index is 0.156. The summed E-state index contributed by atoms with van der Waals surface area (Å²) in [5.41, 5.74) is 4.88. The van der Waals surface area contributed by atoms with E-state index < -0.39 is 11.7 Å². The Labute approximate surface area is 363 Å². The normalized spacial score (nSPS) is 11.3. The van der Waals surface area contributed by atoms with Crippen molar-refractivity contribution in [2.24, 2.45) is 0 Å². The van der Waals surface area contributed by atoms with Crippen molar-refractivity contribution in [1.82, 2.24) is 9.13 Å². The second-order valence-corrected chi connectivity index (χ2v) is 15.3. The zero-order valence-electron chi connectivity index (χ0n) is 33.3. The first-order chi connectivity index (χ1) is 31.1. The molecule has 0 saturated carbocycles. The number of halogens is 3. The average molecular weight is 830 g/mol. The van der Waals surface area contributed by atoms with E-state index in [0.717, 1.165) is 0 Å². The Morgan fingerprint density at radius 1 is 0.359 bits per heavy atom. The van der Waals surface area contributed by atoms with E-state index in [-0.39, 0.29) is 44.8 Å². The van der Waals surface area contributed by atoms with Crippen molar-refractivity contribution < 1.29 is 13.2 Å². The van der Waals surface area contributed by atoms with Crippen LogP contribution in [0, 0.1) is 56.7 Å². The van der Waals surface area contributed by atoms with Crippen molar-refractivity contribution in [1.29, 1.82) is 26.3 Å². The van der Waals surface area contributed by atoms with Gasteiger partial charge in [-0.3, -0.25) is 0 Å². The van der Waals surface area contributed by atoms with Gasteiger partial charge in [-0.15, -0.1) is 0 Å². The molecule has 2 aromatic heterocycles. The highest BCUT2D eigenvalue weighted by Crippen LogP contribution is 2.48. The van der Waals surface area contributed by atoms with E-state index in [2.05, 4.69) is 30.3 Å². The van der Waals surface area contributed by atoms with Gasteiger partial charge in [0.2, 0.25) is 0 Å². The molecule has 0 atom stereocenters. The lowest BCUT2D eigenvalue weighted by molar-refractivity contribution is -0.137. The molecular formula is C54H26F3N7. The van der Waals surface area contributed by atoms with E-state index in [1.54, 1.807) is 100 Å². The van der Waals surface area contributed by atoms with Crippen LogP contribution in [-0.2, 0) is 6.18 Å². The van der Waals surface area contributed by atoms with Crippen molar-refractivity contribution in [2.75, 3.05) is 0 Å². The van der Waals surface area contributed by atoms with Crippen LogP contribution in [0.25, 0.3) is 88.4 Å². The number of para-hydroxylation sites is 2. The molecule has 0 fully saturated rings. The van der Waals surface area contributed by atoms with E-state index in [0.29, 0.717) is 71.4 Å². The Bertz CT molecular complexity index is 3790. The predicted molar refractivity (Wildman–Crippen MR) is 240 cm³/mol. The van der Waals surface area contributed by atoms with Crippen LogP contribution in [-0.4, -0.2) is 9.13 Å². The minimum Gasteiger partial charge on any atom is -0.309 e. The Hall–Kier alpha value is -9.40. The first-order valence-electron chi connectivity index (χ1n) is 19.9. The van der Waals surface area contributed by atoms with Gasteiger partial charge in [-0.2, -0.15) is 39.5 Å². The SMILES string of the molecule is N#Cc1cc(C#N)cc(-c2ccc3c4ccccc4n(-c4ccc(-c5cccc(C#N)c5)c(-n5c6ccccc6c6ccc(-c7cc(C#N)cc(C#N)c7)cc65)c4C(F)(F)F)c3c2)c1. The highest BCUT2D eigenvalue weighted by molar-refractivity contribution is 6.12. The fraction of sp³-hybridized carbons (Fsp3) is 0.0185. The highest BCUT2D eigenvalue weighted by atomic mass is 19.4. The Kier molecular flexibility index (Phi) is 9.06. The molecule has 10 rings (SSSR count). The number of alkyl halides is 3. The maximum atomic E-state index is 16.8. The molecular weight excluding hydrogens is 804 g/mol. The van der Waals surface area contributed by atoms with Gasteiger partial charge in [-0.05, 0) is 107 Å². The fourth-order valence-electron chi connectivity index (χ4n) is 8.92. The molecule has 0 radical (unpaired) electrons. The summed E-state index contributed by atoms with van der Waals surface area (Å²) < 4.78 is 53.5. The van der Waals surface area contributed by atoms with Crippen LogP contribution in [0.1, 0.15) is 33.4 Å². The van der Waals surface area contributed by atoms with E-state index in [1.165, 1.54) is 18.2 Å². The van der Waals surface area contributed by atoms with E-state index in [9.17, 15) is 26.3 Å². The summed E-state index contributed by atoms with van der Waals surface area (Å²) in [5.74, 6) is 0. The zero-order chi connectivity index (χ0) is 44.3. The average Bonchev–Trinajstić information content (AvgIpc) is 3.84. The molecule has 0 amide bonds. The minimum atomic E-state index is -4.98. The molecule has 64 heavy (non-hydrogen) atoms. The van der Waals surface area contributed by atoms with Gasteiger partial charge in [0.1, 0.15) is 5.56 Å². The molecule has 0 unspecified atom stereocenters. The summed E-state index contributed by atoms with van der Waals surface area (Å²) in [6, 6.07) is 55.1. The number of nitrogens with zero attached hydrogens (tertiary/aromatic N) is 7. The van der Waals surface area contributed by atoms with Gasteiger partial charge in [0.05, 0.1) is 91.6 Å². The molecule has 10 aromatic rings. The molecule has 0 bridgehead atoms. The Balaban J connectivity index is 1.36. The summed E-state index contributed by atoms with van der Waals surface area (Å²) in [6.45, 7) is 0. The van der Waals surface area contributed by atoms with Gasteiger partial charge in [0.25, 0.3) is 0 Å². The molecule has 2 heterocycles. The summed E-state index contributed by atoms with van der Waals surface area (Å²) in [5, 5.41) is 51.9. The van der Waals surface area contributed by atoms with Gasteiger partial charge in [-0.1, -0.05) is 78.9 Å². The van der Waals surface area contributed by atoms with E-state index in [4.69, 9.17) is 0 Å². The zero-order valence-corrected chi connectivity index (χ0v) is 33.3. The number of nitriles is 5. The molecule has 0 spiro atoms. The predicted octanol–water partition coefficient (Wildman–Crippen LogP) is 13.3. The number of hydrogen-bond acceptors (Lipinski definition) is 5. The van der Waals surface area contributed by atoms with Crippen molar-refractivity contribution in [3.05, 3.63) is 191 Å². The van der Waals surface area contributed by atoms with Crippen LogP contribution in [0.5, 0.6) is 0 Å². The fourth-order valence-corrected chi connectivity index (χ4v) is 8.92. The maximum Gasteiger partial charge on any atom is 0.420 e. The van der Waals surface area contributed by atoms with Crippen LogP contribution >= 0.6 is 0 Å². The van der Waals surface area contributed by atoms with Crippen molar-refractivity contribution >= 4 is 43.6 Å². The largest absolute Gasteiger partial charge is 0.420 e. The molecule has 8 aromatic carbocycles. The number of hydrogen-bond donors (Lipinski definition) is 0. The van der Waals surface area contributed by atoms with E-state index in [1.807, 2.05) is 48.5 Å². The number of aromatic nitrogens is 2. The molecule has 10 heteroatoms. The Morgan fingerprint density at radius 3 is 1.31 bits per heavy atom. The van der Waals surface area contributed by atoms with Crippen LogP contribution in [0.4, 0.5) is 13.2 Å². The first kappa shape index (κ1) is 38.8. The third kappa shape index (κ3) is 6.26. The topological polar surface area (TPSA) is 129 Å². The number of rotatable bonds is 5. The molecule has 0 aliphatic carbocycles. The van der Waals surface area contributed by atoms with Crippen LogP contribution in [0.15, 0.2) is 158 Å². The second-order valence-electron chi connectivity index (χ2n) is 15.3. The summed E-state index contributed by atoms with van der Waals surface area (Å²) in [7, 11) is 0. The lowest BCUT2D eigenvalue weighted by Gasteiger charge is -2.24. The third-order valence-corrected chi connectivity index (χ3v) is 11.6. The molecule has 0 saturated heterocycles. The van der Waals surface area contributed by atoms with Crippen molar-refractivity contribution in [3.8, 4) is 75.1 Å². The van der Waals surface area contributed by atoms with Gasteiger partial charge < -0.3 is 9.13 Å². The van der Waals surface area contributed by atoms with Crippen molar-refractivity contribution in [2.45, 2.75) is 6.18 Å². The summed E-state index contributed by atoms with van der Waals surface area (Å²) >= 11 is 0. The number of benzene rings is 8. The molecule has 7 nitrogen and oxygen atoms in total.